The number of allylic oxidation sites excluding steroid dienone is 8. The van der Waals surface area contributed by atoms with Crippen LogP contribution in [0.2, 0.25) is 0 Å². The van der Waals surface area contributed by atoms with Crippen molar-refractivity contribution in [3.8, 4) is 0 Å². The molecular formula is C16H15ClO3SZr. The normalized spacial score (nSPS) is 15.1. The minimum atomic E-state index is -4.25. The van der Waals surface area contributed by atoms with Gasteiger partial charge in [0, 0.05) is 0 Å². The molecule has 0 amide bonds. The van der Waals surface area contributed by atoms with Gasteiger partial charge in [-0.05, 0) is 12.1 Å². The maximum Gasteiger partial charge on any atom is 0.124 e. The van der Waals surface area contributed by atoms with Crippen LogP contribution in [0.3, 0.4) is 0 Å². The molecule has 1 aromatic rings. The summed E-state index contributed by atoms with van der Waals surface area (Å²) in [6.07, 6.45) is 16.0. The number of hydrogen-bond acceptors (Lipinski definition) is 3. The summed E-state index contributed by atoms with van der Waals surface area (Å²) in [5, 5.41) is 0. The van der Waals surface area contributed by atoms with Crippen molar-refractivity contribution in [2.45, 2.75) is 17.7 Å². The Morgan fingerprint density at radius 3 is 1.73 bits per heavy atom. The molecule has 114 valence electrons. The van der Waals surface area contributed by atoms with Crippen molar-refractivity contribution in [3.05, 3.63) is 73.3 Å². The first-order chi connectivity index (χ1) is 10.1. The van der Waals surface area contributed by atoms with Crippen molar-refractivity contribution >= 4 is 10.1 Å². The maximum absolute atomic E-state index is 10.3. The molecule has 0 radical (unpaired) electrons. The second kappa shape index (κ2) is 9.41. The van der Waals surface area contributed by atoms with Gasteiger partial charge >= 0.3 is 79.1 Å². The molecule has 0 atom stereocenters. The molecule has 3 rings (SSSR count). The molecule has 0 aliphatic heterocycles. The molecule has 0 unspecified atom stereocenters. The minimum absolute atomic E-state index is 0. The first-order valence-electron chi connectivity index (χ1n) is 6.55. The van der Waals surface area contributed by atoms with E-state index in [2.05, 4.69) is 36.5 Å². The Bertz CT molecular complexity index is 676. The quantitative estimate of drug-likeness (QED) is 0.672. The predicted molar refractivity (Wildman–Crippen MR) is 78.1 cm³/mol. The van der Waals surface area contributed by atoms with Crippen LogP contribution in [0.5, 0.6) is 0 Å². The standard InChI is InChI=1S/C6H6O3S.2C5H5.ClH.Zr/c7-10(8,9)6-4-2-1-3-5-6;2*1-2-4-5-3-1;;/h1-5H,(H,7,8,9);2*1-3H,4H2;1H;/q;;;;+2/p-2. The molecule has 22 heavy (non-hydrogen) atoms. The van der Waals surface area contributed by atoms with Crippen molar-refractivity contribution in [1.29, 1.82) is 0 Å². The predicted octanol–water partition coefficient (Wildman–Crippen LogP) is 0.351. The van der Waals surface area contributed by atoms with E-state index in [4.69, 9.17) is 0 Å². The third kappa shape index (κ3) is 6.57. The largest absolute Gasteiger partial charge is 1.00 e. The Hall–Kier alpha value is -0.737. The van der Waals surface area contributed by atoms with E-state index in [1.807, 2.05) is 0 Å². The number of rotatable bonds is 3. The molecule has 1 aromatic carbocycles. The fraction of sp³-hybridized carbons (Fsp3) is 0.125. The zero-order chi connectivity index (χ0) is 15.1. The van der Waals surface area contributed by atoms with E-state index in [9.17, 15) is 13.0 Å². The molecule has 0 fully saturated rings. The van der Waals surface area contributed by atoms with Crippen LogP contribution >= 0.6 is 0 Å². The second-order valence-corrected chi connectivity index (χ2v) is 9.69. The van der Waals surface area contributed by atoms with Crippen LogP contribution in [-0.2, 0) is 33.4 Å². The Balaban J connectivity index is 0.000000212. The summed E-state index contributed by atoms with van der Waals surface area (Å²) < 4.78 is 34.3. The summed E-state index contributed by atoms with van der Waals surface area (Å²) >= 11 is -0.312. The molecule has 0 N–H and O–H groups in total. The van der Waals surface area contributed by atoms with Crippen LogP contribution in [-0.4, -0.2) is 13.0 Å². The van der Waals surface area contributed by atoms with Gasteiger partial charge in [0.05, 0.1) is 4.90 Å². The third-order valence-corrected chi connectivity index (χ3v) is 7.15. The Morgan fingerprint density at radius 2 is 1.41 bits per heavy atom. The molecule has 0 saturated heterocycles. The molecule has 0 aromatic heterocycles. The fourth-order valence-electron chi connectivity index (χ4n) is 1.87. The van der Waals surface area contributed by atoms with Gasteiger partial charge in [0.25, 0.3) is 0 Å². The maximum atomic E-state index is 10.3. The first-order valence-corrected chi connectivity index (χ1v) is 10.4. The summed E-state index contributed by atoms with van der Waals surface area (Å²) in [5.41, 5.74) is 0. The van der Waals surface area contributed by atoms with E-state index in [0.29, 0.717) is 0 Å². The second-order valence-electron chi connectivity index (χ2n) is 4.54. The van der Waals surface area contributed by atoms with E-state index in [0.717, 1.165) is 0 Å². The Morgan fingerprint density at radius 1 is 0.909 bits per heavy atom. The number of benzene rings is 1. The van der Waals surface area contributed by atoms with Gasteiger partial charge in [0.15, 0.2) is 0 Å². The molecule has 2 aliphatic carbocycles. The monoisotopic (exact) mass is 412 g/mol. The zero-order valence-electron chi connectivity index (χ0n) is 11.8. The molecule has 0 saturated carbocycles. The third-order valence-electron chi connectivity index (χ3n) is 2.90. The van der Waals surface area contributed by atoms with Gasteiger partial charge in [-0.25, -0.2) is 8.42 Å². The molecular weight excluding hydrogens is 399 g/mol. The van der Waals surface area contributed by atoms with E-state index in [1.165, 1.54) is 37.1 Å². The van der Waals surface area contributed by atoms with E-state index >= 15 is 0 Å². The van der Waals surface area contributed by atoms with E-state index in [1.54, 1.807) is 12.6 Å². The van der Waals surface area contributed by atoms with Crippen molar-refractivity contribution in [2.75, 3.05) is 0 Å². The Labute approximate surface area is 149 Å². The van der Waals surface area contributed by atoms with Crippen LogP contribution in [0.4, 0.5) is 0 Å². The van der Waals surface area contributed by atoms with E-state index in [-0.39, 0.29) is 40.5 Å². The molecule has 2 aliphatic rings. The van der Waals surface area contributed by atoms with Crippen LogP contribution in [0.25, 0.3) is 0 Å². The molecule has 6 heteroatoms. The molecule has 3 nitrogen and oxygen atoms in total. The van der Waals surface area contributed by atoms with Gasteiger partial charge in [0.2, 0.25) is 0 Å². The minimum Gasteiger partial charge on any atom is -1.00 e. The van der Waals surface area contributed by atoms with Crippen molar-refractivity contribution in [3.63, 3.8) is 0 Å². The van der Waals surface area contributed by atoms with Gasteiger partial charge in [-0.3, -0.25) is 0 Å². The topological polar surface area (TPSA) is 57.2 Å². The molecule has 0 heterocycles. The summed E-state index contributed by atoms with van der Waals surface area (Å²) in [5.74, 6) is 0. The average molecular weight is 414 g/mol. The van der Waals surface area contributed by atoms with Gasteiger partial charge in [0.1, 0.15) is 10.1 Å². The van der Waals surface area contributed by atoms with Gasteiger partial charge in [-0.1, -0.05) is 18.2 Å². The van der Waals surface area contributed by atoms with Crippen LogP contribution in [0.1, 0.15) is 12.8 Å². The van der Waals surface area contributed by atoms with Gasteiger partial charge in [-0.15, -0.1) is 0 Å². The van der Waals surface area contributed by atoms with Crippen molar-refractivity contribution in [1.82, 2.24) is 0 Å². The van der Waals surface area contributed by atoms with E-state index < -0.39 is 10.1 Å². The first kappa shape index (κ1) is 19.3. The summed E-state index contributed by atoms with van der Waals surface area (Å²) in [6, 6.07) is 7.19. The zero-order valence-corrected chi connectivity index (χ0v) is 15.8. The van der Waals surface area contributed by atoms with Gasteiger partial charge < -0.3 is 17.0 Å². The smallest absolute Gasteiger partial charge is 0.124 e. The molecule has 0 bridgehead atoms. The summed E-state index contributed by atoms with van der Waals surface area (Å²) in [4.78, 5) is -0.185. The number of hydrogen-bond donors (Lipinski definition) is 0. The number of halogens is 1. The van der Waals surface area contributed by atoms with Crippen molar-refractivity contribution in [2.24, 2.45) is 0 Å². The van der Waals surface area contributed by atoms with Gasteiger partial charge in [-0.2, -0.15) is 0 Å². The van der Waals surface area contributed by atoms with Crippen LogP contribution in [0, 0.1) is 0 Å². The van der Waals surface area contributed by atoms with Crippen LogP contribution in [0.15, 0.2) is 78.2 Å². The SMILES string of the molecule is C1=CC[C]([Zr+2][C]2=CC=CC2)=C1.O=S(=O)([O-])c1ccccc1.[Cl-]. The summed E-state index contributed by atoms with van der Waals surface area (Å²) in [6.45, 7) is 0. The Kier molecular flexibility index (Phi) is 8.26. The van der Waals surface area contributed by atoms with Crippen LogP contribution < -0.4 is 12.4 Å². The fourth-order valence-corrected chi connectivity index (χ4v) is 5.34. The molecule has 0 spiro atoms. The average Bonchev–Trinajstić information content (AvgIpc) is 3.14. The summed E-state index contributed by atoms with van der Waals surface area (Å²) in [7, 11) is -4.25. The van der Waals surface area contributed by atoms with Crippen molar-refractivity contribution < 1.29 is 48.6 Å².